The largest absolute Gasteiger partial charge is 0.493 e. The number of nitrogens with one attached hydrogen (secondary N) is 1. The van der Waals surface area contributed by atoms with Gasteiger partial charge in [0.05, 0.1) is 6.61 Å². The molecule has 1 N–H and O–H groups in total. The maximum absolute atomic E-state index is 12.6. The van der Waals surface area contributed by atoms with Gasteiger partial charge in [-0.2, -0.15) is 0 Å². The Morgan fingerprint density at radius 2 is 1.91 bits per heavy atom. The van der Waals surface area contributed by atoms with E-state index in [1.807, 2.05) is 36.4 Å². The van der Waals surface area contributed by atoms with Crippen LogP contribution in [0, 0.1) is 17.3 Å². The topological polar surface area (TPSA) is 41.6 Å². The van der Waals surface area contributed by atoms with Gasteiger partial charge < -0.3 is 15.0 Å². The van der Waals surface area contributed by atoms with Crippen LogP contribution >= 0.6 is 0 Å². The quantitative estimate of drug-likeness (QED) is 0.614. The number of benzene rings is 2. The van der Waals surface area contributed by atoms with E-state index in [-0.39, 0.29) is 5.91 Å². The molecule has 4 nitrogen and oxygen atoms in total. The maximum Gasteiger partial charge on any atom is 0.251 e. The third-order valence-corrected chi connectivity index (χ3v) is 7.51. The second kappa shape index (κ2) is 10.1. The Balaban J connectivity index is 1.33. The number of piperidine rings is 1. The van der Waals surface area contributed by atoms with Gasteiger partial charge in [-0.25, -0.2) is 0 Å². The standard InChI is InChI=1S/C28H38N2O2/c1-28(2)15-5-9-25(28)18-29-27(31)23-13-11-22(12-14-23)24-8-4-10-26(17-24)32-20-21-7-6-16-30(3)19-21/h4,8,10-14,17,21,25H,5-7,9,15-16,18-20H2,1-3H3,(H,29,31). The molecule has 2 aromatic carbocycles. The van der Waals surface area contributed by atoms with Crippen LogP contribution in [0.25, 0.3) is 11.1 Å². The molecule has 1 saturated heterocycles. The van der Waals surface area contributed by atoms with Crippen LogP contribution in [0.4, 0.5) is 0 Å². The van der Waals surface area contributed by atoms with Gasteiger partial charge in [0.15, 0.2) is 0 Å². The number of rotatable bonds is 7. The first-order valence-electron chi connectivity index (χ1n) is 12.2. The Kier molecular flexibility index (Phi) is 7.20. The molecule has 2 aromatic rings. The van der Waals surface area contributed by atoms with Gasteiger partial charge in [-0.1, -0.05) is 44.5 Å². The van der Waals surface area contributed by atoms with Crippen LogP contribution in [-0.2, 0) is 0 Å². The summed E-state index contributed by atoms with van der Waals surface area (Å²) in [5.41, 5.74) is 3.26. The van der Waals surface area contributed by atoms with Crippen molar-refractivity contribution >= 4 is 5.91 Å². The normalized spacial score (nSPS) is 23.1. The molecule has 1 aliphatic heterocycles. The van der Waals surface area contributed by atoms with Crippen molar-refractivity contribution in [3.8, 4) is 16.9 Å². The highest BCUT2D eigenvalue weighted by molar-refractivity contribution is 5.94. The molecule has 32 heavy (non-hydrogen) atoms. The van der Waals surface area contributed by atoms with Crippen molar-refractivity contribution in [3.63, 3.8) is 0 Å². The number of ether oxygens (including phenoxy) is 1. The van der Waals surface area contributed by atoms with Crippen molar-refractivity contribution < 1.29 is 9.53 Å². The van der Waals surface area contributed by atoms with E-state index in [2.05, 4.69) is 43.2 Å². The fourth-order valence-corrected chi connectivity index (χ4v) is 5.30. The first-order valence-corrected chi connectivity index (χ1v) is 12.2. The number of carbonyl (C=O) groups is 1. The molecule has 2 aliphatic rings. The summed E-state index contributed by atoms with van der Waals surface area (Å²) < 4.78 is 6.12. The molecular formula is C28H38N2O2. The van der Waals surface area contributed by atoms with Crippen molar-refractivity contribution in [2.75, 3.05) is 33.3 Å². The van der Waals surface area contributed by atoms with Crippen LogP contribution in [0.3, 0.4) is 0 Å². The monoisotopic (exact) mass is 434 g/mol. The molecule has 0 spiro atoms. The van der Waals surface area contributed by atoms with Crippen LogP contribution in [0.1, 0.15) is 56.3 Å². The number of hydrogen-bond donors (Lipinski definition) is 1. The van der Waals surface area contributed by atoms with E-state index in [9.17, 15) is 4.79 Å². The zero-order chi connectivity index (χ0) is 22.6. The average molecular weight is 435 g/mol. The first-order chi connectivity index (χ1) is 15.4. The van der Waals surface area contributed by atoms with E-state index in [0.29, 0.717) is 17.3 Å². The summed E-state index contributed by atoms with van der Waals surface area (Å²) >= 11 is 0. The highest BCUT2D eigenvalue weighted by Crippen LogP contribution is 2.42. The third kappa shape index (κ3) is 5.72. The molecule has 1 saturated carbocycles. The van der Waals surface area contributed by atoms with E-state index in [1.54, 1.807) is 0 Å². The molecule has 172 valence electrons. The van der Waals surface area contributed by atoms with Crippen LogP contribution in [-0.4, -0.2) is 44.1 Å². The Labute approximate surface area is 193 Å². The SMILES string of the molecule is CN1CCCC(COc2cccc(-c3ccc(C(=O)NCC4CCCC4(C)C)cc3)c2)C1. The second-order valence-corrected chi connectivity index (χ2v) is 10.5. The molecule has 2 atom stereocenters. The molecule has 0 radical (unpaired) electrons. The van der Waals surface area contributed by atoms with Crippen molar-refractivity contribution in [2.45, 2.75) is 46.0 Å². The van der Waals surface area contributed by atoms with Gasteiger partial charge in [0.1, 0.15) is 5.75 Å². The first kappa shape index (κ1) is 22.8. The second-order valence-electron chi connectivity index (χ2n) is 10.5. The van der Waals surface area contributed by atoms with E-state index in [0.717, 1.165) is 42.1 Å². The molecular weight excluding hydrogens is 396 g/mol. The van der Waals surface area contributed by atoms with E-state index in [1.165, 1.54) is 38.6 Å². The molecule has 1 aliphatic carbocycles. The number of hydrogen-bond acceptors (Lipinski definition) is 3. The van der Waals surface area contributed by atoms with Gasteiger partial charge in [0, 0.05) is 24.6 Å². The van der Waals surface area contributed by atoms with Gasteiger partial charge in [0.25, 0.3) is 5.91 Å². The molecule has 2 unspecified atom stereocenters. The zero-order valence-electron chi connectivity index (χ0n) is 19.9. The molecule has 1 amide bonds. The van der Waals surface area contributed by atoms with Crippen molar-refractivity contribution in [2.24, 2.45) is 17.3 Å². The fraction of sp³-hybridized carbons (Fsp3) is 0.536. The summed E-state index contributed by atoms with van der Waals surface area (Å²) in [6, 6.07) is 16.2. The number of carbonyl (C=O) groups excluding carboxylic acids is 1. The van der Waals surface area contributed by atoms with Crippen molar-refractivity contribution in [1.29, 1.82) is 0 Å². The summed E-state index contributed by atoms with van der Waals surface area (Å²) in [5.74, 6) is 2.11. The van der Waals surface area contributed by atoms with Gasteiger partial charge >= 0.3 is 0 Å². The molecule has 0 bridgehead atoms. The maximum atomic E-state index is 12.6. The highest BCUT2D eigenvalue weighted by Gasteiger charge is 2.34. The van der Waals surface area contributed by atoms with Gasteiger partial charge in [-0.3, -0.25) is 4.79 Å². The summed E-state index contributed by atoms with van der Waals surface area (Å²) in [5, 5.41) is 3.15. The summed E-state index contributed by atoms with van der Waals surface area (Å²) in [6.45, 7) is 8.47. The fourth-order valence-electron chi connectivity index (χ4n) is 5.30. The molecule has 1 heterocycles. The van der Waals surface area contributed by atoms with Crippen molar-refractivity contribution in [3.05, 3.63) is 54.1 Å². The van der Waals surface area contributed by atoms with Gasteiger partial charge in [-0.15, -0.1) is 0 Å². The Morgan fingerprint density at radius 1 is 1.09 bits per heavy atom. The van der Waals surface area contributed by atoms with E-state index >= 15 is 0 Å². The van der Waals surface area contributed by atoms with E-state index in [4.69, 9.17) is 4.74 Å². The van der Waals surface area contributed by atoms with Crippen LogP contribution in [0.15, 0.2) is 48.5 Å². The average Bonchev–Trinajstić information content (AvgIpc) is 3.14. The Hall–Kier alpha value is -2.33. The summed E-state index contributed by atoms with van der Waals surface area (Å²) in [7, 11) is 2.19. The minimum atomic E-state index is 0.0220. The molecule has 0 aromatic heterocycles. The van der Waals surface area contributed by atoms with E-state index < -0.39 is 0 Å². The molecule has 2 fully saturated rings. The lowest BCUT2D eigenvalue weighted by Crippen LogP contribution is -2.34. The smallest absolute Gasteiger partial charge is 0.251 e. The predicted octanol–water partition coefficient (Wildman–Crippen LogP) is 5.63. The minimum absolute atomic E-state index is 0.0220. The lowest BCUT2D eigenvalue weighted by molar-refractivity contribution is 0.0937. The van der Waals surface area contributed by atoms with Crippen LogP contribution in [0.2, 0.25) is 0 Å². The van der Waals surface area contributed by atoms with Gasteiger partial charge in [-0.05, 0) is 86.0 Å². The number of nitrogens with zero attached hydrogens (tertiary/aromatic N) is 1. The molecule has 4 rings (SSSR count). The molecule has 4 heteroatoms. The number of likely N-dealkylation sites (tertiary alicyclic amines) is 1. The lowest BCUT2D eigenvalue weighted by atomic mass is 9.82. The highest BCUT2D eigenvalue weighted by atomic mass is 16.5. The van der Waals surface area contributed by atoms with Crippen LogP contribution in [0.5, 0.6) is 5.75 Å². The Morgan fingerprint density at radius 3 is 2.62 bits per heavy atom. The van der Waals surface area contributed by atoms with Crippen LogP contribution < -0.4 is 10.1 Å². The third-order valence-electron chi connectivity index (χ3n) is 7.51. The summed E-state index contributed by atoms with van der Waals surface area (Å²) in [6.07, 6.45) is 6.22. The predicted molar refractivity (Wildman–Crippen MR) is 131 cm³/mol. The number of amides is 1. The van der Waals surface area contributed by atoms with Crippen molar-refractivity contribution in [1.82, 2.24) is 10.2 Å². The Bertz CT molecular complexity index is 906. The van der Waals surface area contributed by atoms with Gasteiger partial charge in [0.2, 0.25) is 0 Å². The minimum Gasteiger partial charge on any atom is -0.493 e. The lowest BCUT2D eigenvalue weighted by Gasteiger charge is -2.29. The zero-order valence-corrected chi connectivity index (χ0v) is 19.9. The summed E-state index contributed by atoms with van der Waals surface area (Å²) in [4.78, 5) is 15.0.